The van der Waals surface area contributed by atoms with E-state index >= 15 is 0 Å². The second kappa shape index (κ2) is 18.6. The molecule has 0 radical (unpaired) electrons. The van der Waals surface area contributed by atoms with Crippen LogP contribution in [0.4, 0.5) is 0 Å². The largest absolute Gasteiger partial charge is 4.00 e. The molecule has 0 atom stereocenters. The van der Waals surface area contributed by atoms with E-state index in [1.54, 1.807) is 0 Å². The van der Waals surface area contributed by atoms with Gasteiger partial charge in [-0.25, -0.2) is 0 Å². The van der Waals surface area contributed by atoms with Gasteiger partial charge in [0, 0.05) is 0 Å². The van der Waals surface area contributed by atoms with Crippen molar-refractivity contribution < 1.29 is 54.9 Å². The van der Waals surface area contributed by atoms with Crippen molar-refractivity contribution in [2.24, 2.45) is 0 Å². The predicted molar refractivity (Wildman–Crippen MR) is 162 cm³/mol. The molecule has 0 unspecified atom stereocenters. The van der Waals surface area contributed by atoms with E-state index < -0.39 is 31.0 Å². The van der Waals surface area contributed by atoms with Gasteiger partial charge in [0.2, 0.25) is 0 Å². The molecule has 0 N–H and O–H groups in total. The predicted octanol–water partition coefficient (Wildman–Crippen LogP) is 2.84. The molecule has 0 fully saturated rings. The average molecular weight is 704 g/mol. The van der Waals surface area contributed by atoms with E-state index in [4.69, 9.17) is 0 Å². The van der Waals surface area contributed by atoms with Crippen molar-refractivity contribution in [3.63, 3.8) is 0 Å². The van der Waals surface area contributed by atoms with Crippen molar-refractivity contribution in [1.29, 1.82) is 0 Å². The van der Waals surface area contributed by atoms with Crippen molar-refractivity contribution >= 4 is 52.3 Å². The fourth-order valence-electron chi connectivity index (χ4n) is 4.09. The fraction of sp³-hybridized carbons (Fsp3) is 0.200. The fourth-order valence-corrected chi connectivity index (χ4v) is 10.4. The Morgan fingerprint density at radius 3 is 0.854 bits per heavy atom. The molecule has 41 heavy (non-hydrogen) atoms. The molecule has 0 amide bonds. The molecule has 0 bridgehead atoms. The summed E-state index contributed by atoms with van der Waals surface area (Å²) in [4.78, 5) is 43.1. The topological polar surface area (TPSA) is 126 Å². The van der Waals surface area contributed by atoms with E-state index in [1.807, 2.05) is 72.8 Å². The molecule has 0 saturated carbocycles. The van der Waals surface area contributed by atoms with Crippen LogP contribution >= 0.6 is 31.0 Å². The van der Waals surface area contributed by atoms with Gasteiger partial charge in [0.25, 0.3) is 0 Å². The number of rotatable bonds is 12. The summed E-state index contributed by atoms with van der Waals surface area (Å²) in [6, 6.07) is 40.2. The van der Waals surface area contributed by atoms with Crippen molar-refractivity contribution in [2.75, 3.05) is 24.6 Å². The zero-order chi connectivity index (χ0) is 28.8. The minimum Gasteiger partial charge on any atom is -0.811 e. The van der Waals surface area contributed by atoms with Crippen LogP contribution in [0.25, 0.3) is 0 Å². The third kappa shape index (κ3) is 14.3. The Morgan fingerprint density at radius 2 is 0.659 bits per heavy atom. The van der Waals surface area contributed by atoms with Gasteiger partial charge in [-0.05, 0) is 74.6 Å². The van der Waals surface area contributed by atoms with Gasteiger partial charge in [-0.1, -0.05) is 137 Å². The summed E-state index contributed by atoms with van der Waals surface area (Å²) >= 11 is 0. The molecule has 4 aromatic rings. The van der Waals surface area contributed by atoms with E-state index in [-0.39, 0.29) is 38.5 Å². The Kier molecular flexibility index (Phi) is 16.3. The molecular weight excluding hydrogens is 671 g/mol. The van der Waals surface area contributed by atoms with Gasteiger partial charge in [0.15, 0.2) is 0 Å². The maximum atomic E-state index is 10.8. The minimum atomic E-state index is -4.39. The van der Waals surface area contributed by atoms with E-state index in [0.29, 0.717) is 12.8 Å². The SMILES string of the molecule is O=P([O-])([O-])CCCP(c1ccccc1)c1ccccc1.O=P([O-])([O-])CCCP(c1ccccc1)c1ccccc1.[Zr+4]. The molecule has 11 heteroatoms. The maximum Gasteiger partial charge on any atom is 4.00 e. The molecular formula is C30H32O6P4Zr. The van der Waals surface area contributed by atoms with Crippen molar-refractivity contribution in [3.8, 4) is 0 Å². The van der Waals surface area contributed by atoms with Gasteiger partial charge in [-0.3, -0.25) is 0 Å². The molecule has 0 aliphatic heterocycles. The maximum absolute atomic E-state index is 10.8. The molecule has 4 rings (SSSR count). The standard InChI is InChI=1S/2C15H18O3P2.Zr/c2*16-20(17,18)13-7-12-19(14-8-3-1-4-9-14)15-10-5-2-6-11-15;/h2*1-6,8-11H,7,12-13H2,(H2,16,17,18);/q;;+4/p-4. The van der Waals surface area contributed by atoms with Crippen LogP contribution in [-0.2, 0) is 35.3 Å². The first-order valence-corrected chi connectivity index (χ1v) is 19.4. The van der Waals surface area contributed by atoms with Crippen molar-refractivity contribution in [3.05, 3.63) is 121 Å². The molecule has 0 saturated heterocycles. The Bertz CT molecular complexity index is 1170. The summed E-state index contributed by atoms with van der Waals surface area (Å²) in [6.45, 7) is 0. The van der Waals surface area contributed by atoms with E-state index in [1.165, 1.54) is 21.2 Å². The minimum absolute atomic E-state index is 0. The first-order chi connectivity index (χ1) is 19.1. The molecule has 212 valence electrons. The third-order valence-corrected chi connectivity index (χ3v) is 12.8. The van der Waals surface area contributed by atoms with E-state index in [9.17, 15) is 28.7 Å². The summed E-state index contributed by atoms with van der Waals surface area (Å²) in [6.07, 6.45) is 1.76. The van der Waals surface area contributed by atoms with Crippen LogP contribution in [0.2, 0.25) is 0 Å². The average Bonchev–Trinajstić information content (AvgIpc) is 2.95. The smallest absolute Gasteiger partial charge is 0.811 e. The molecule has 0 aromatic heterocycles. The molecule has 0 spiro atoms. The molecule has 6 nitrogen and oxygen atoms in total. The van der Waals surface area contributed by atoms with Gasteiger partial charge in [-0.15, -0.1) is 0 Å². The van der Waals surface area contributed by atoms with Gasteiger partial charge in [-0.2, -0.15) is 0 Å². The summed E-state index contributed by atoms with van der Waals surface area (Å²) in [5.41, 5.74) is 0. The first kappa shape index (κ1) is 36.1. The summed E-state index contributed by atoms with van der Waals surface area (Å²) in [5.74, 6) is 0. The van der Waals surface area contributed by atoms with Crippen LogP contribution < -0.4 is 40.8 Å². The van der Waals surface area contributed by atoms with E-state index in [2.05, 4.69) is 48.5 Å². The summed E-state index contributed by atoms with van der Waals surface area (Å²) in [5, 5.41) is 4.83. The quantitative estimate of drug-likeness (QED) is 0.209. The first-order valence-electron chi connectivity index (χ1n) is 12.9. The third-order valence-electron chi connectivity index (χ3n) is 5.90. The van der Waals surface area contributed by atoms with Gasteiger partial charge >= 0.3 is 26.2 Å². The Labute approximate surface area is 264 Å². The van der Waals surface area contributed by atoms with Crippen molar-refractivity contribution in [1.82, 2.24) is 0 Å². The zero-order valence-electron chi connectivity index (χ0n) is 22.5. The van der Waals surface area contributed by atoms with Crippen molar-refractivity contribution in [2.45, 2.75) is 12.8 Å². The number of hydrogen-bond acceptors (Lipinski definition) is 6. The Hall–Kier alpha value is -1.08. The summed E-state index contributed by atoms with van der Waals surface area (Å²) < 4.78 is 21.5. The molecule has 0 aliphatic rings. The van der Waals surface area contributed by atoms with Gasteiger partial charge in [0.05, 0.1) is 0 Å². The van der Waals surface area contributed by atoms with Gasteiger partial charge in [0.1, 0.15) is 0 Å². The number of benzene rings is 4. The summed E-state index contributed by atoms with van der Waals surface area (Å²) in [7, 11) is -9.99. The molecule has 0 heterocycles. The van der Waals surface area contributed by atoms with Crippen LogP contribution in [0.3, 0.4) is 0 Å². The van der Waals surface area contributed by atoms with Crippen LogP contribution in [0.15, 0.2) is 121 Å². The molecule has 4 aromatic carbocycles. The number of hydrogen-bond donors (Lipinski definition) is 0. The molecule has 0 aliphatic carbocycles. The normalized spacial score (nSPS) is 11.5. The van der Waals surface area contributed by atoms with Gasteiger partial charge < -0.3 is 28.7 Å². The second-order valence-corrected chi connectivity index (χ2v) is 17.0. The second-order valence-electron chi connectivity index (χ2n) is 9.02. The Morgan fingerprint density at radius 1 is 0.439 bits per heavy atom. The van der Waals surface area contributed by atoms with Crippen LogP contribution in [0, 0.1) is 0 Å². The zero-order valence-corrected chi connectivity index (χ0v) is 28.6. The van der Waals surface area contributed by atoms with Crippen LogP contribution in [0.1, 0.15) is 12.8 Å². The Balaban J connectivity index is 0.000000280. The van der Waals surface area contributed by atoms with Crippen LogP contribution in [-0.4, -0.2) is 24.6 Å². The van der Waals surface area contributed by atoms with E-state index in [0.717, 1.165) is 12.3 Å². The monoisotopic (exact) mass is 702 g/mol. The van der Waals surface area contributed by atoms with Crippen LogP contribution in [0.5, 0.6) is 0 Å².